The second kappa shape index (κ2) is 9.69. The van der Waals surface area contributed by atoms with Crippen molar-refractivity contribution in [3.8, 4) is 0 Å². The number of ketones is 1. The van der Waals surface area contributed by atoms with E-state index in [0.717, 1.165) is 12.0 Å². The standard InChI is InChI=1S/C34H38O6/c1-19-16-17-24-25(33(24,4)5)29-21(3)30(35)34(40-29)18-20(2)28(39-32(37)23-14-10-7-11-15-23)26(34)27(19)38-31(36)22-12-8-6-9-13-22/h6-15,20-21,24-29H,1,16-18H2,2-5H3/t20-,21-,24-,25-,26-,27-,28-,29+,34-/m0/s1. The summed E-state index contributed by atoms with van der Waals surface area (Å²) in [4.78, 5) is 41.1. The van der Waals surface area contributed by atoms with Crippen molar-refractivity contribution in [3.05, 3.63) is 83.9 Å². The van der Waals surface area contributed by atoms with Crippen LogP contribution >= 0.6 is 0 Å². The molecule has 2 saturated carbocycles. The molecule has 2 saturated heterocycles. The average Bonchev–Trinajstić information content (AvgIpc) is 3.26. The van der Waals surface area contributed by atoms with E-state index in [2.05, 4.69) is 20.4 Å². The third-order valence-corrected chi connectivity index (χ3v) is 10.2. The average molecular weight is 543 g/mol. The van der Waals surface area contributed by atoms with Gasteiger partial charge >= 0.3 is 11.9 Å². The molecular formula is C34H38O6. The van der Waals surface area contributed by atoms with Gasteiger partial charge in [0.1, 0.15) is 17.8 Å². The first-order chi connectivity index (χ1) is 19.1. The Bertz CT molecular complexity index is 1330. The van der Waals surface area contributed by atoms with Gasteiger partial charge in [0, 0.05) is 5.92 Å². The maximum Gasteiger partial charge on any atom is 0.338 e. The molecule has 4 fully saturated rings. The summed E-state index contributed by atoms with van der Waals surface area (Å²) >= 11 is 0. The van der Waals surface area contributed by atoms with Gasteiger partial charge in [-0.1, -0.05) is 70.7 Å². The van der Waals surface area contributed by atoms with Gasteiger partial charge in [0.25, 0.3) is 0 Å². The van der Waals surface area contributed by atoms with Crippen molar-refractivity contribution in [3.63, 3.8) is 0 Å². The number of esters is 2. The van der Waals surface area contributed by atoms with Crippen molar-refractivity contribution >= 4 is 17.7 Å². The summed E-state index contributed by atoms with van der Waals surface area (Å²) in [7, 11) is 0. The van der Waals surface area contributed by atoms with Crippen LogP contribution in [0.3, 0.4) is 0 Å². The number of fused-ring (bicyclic) bond motifs is 3. The fourth-order valence-corrected chi connectivity index (χ4v) is 8.08. The van der Waals surface area contributed by atoms with Crippen LogP contribution in [-0.2, 0) is 19.0 Å². The van der Waals surface area contributed by atoms with E-state index in [0.29, 0.717) is 29.9 Å². The van der Waals surface area contributed by atoms with Crippen LogP contribution in [0.1, 0.15) is 67.7 Å². The van der Waals surface area contributed by atoms with Gasteiger partial charge < -0.3 is 14.2 Å². The van der Waals surface area contributed by atoms with E-state index in [-0.39, 0.29) is 35.1 Å². The number of carbonyl (C=O) groups is 3. The van der Waals surface area contributed by atoms with Crippen molar-refractivity contribution in [2.45, 2.75) is 70.9 Å². The second-order valence-corrected chi connectivity index (χ2v) is 12.9. The number of carbonyl (C=O) groups excluding carboxylic acids is 3. The zero-order valence-corrected chi connectivity index (χ0v) is 23.7. The number of hydrogen-bond donors (Lipinski definition) is 0. The SMILES string of the molecule is C=C1CC[C@H]2[C@@H]([C@@H]3O[C@]4(C[C@H](C)[C@H](OC(=O)c5ccccc5)[C@@H]4[C@H]1OC(=O)c1ccccc1)C(=O)[C@H]3C)C2(C)C. The van der Waals surface area contributed by atoms with Gasteiger partial charge in [-0.25, -0.2) is 9.59 Å². The Morgan fingerprint density at radius 2 is 1.48 bits per heavy atom. The summed E-state index contributed by atoms with van der Waals surface area (Å²) in [5.41, 5.74) is 0.401. The predicted molar refractivity (Wildman–Crippen MR) is 149 cm³/mol. The van der Waals surface area contributed by atoms with Crippen molar-refractivity contribution < 1.29 is 28.6 Å². The van der Waals surface area contributed by atoms with E-state index in [4.69, 9.17) is 14.2 Å². The molecule has 4 aliphatic rings. The van der Waals surface area contributed by atoms with Crippen molar-refractivity contribution in [1.82, 2.24) is 0 Å². The summed E-state index contributed by atoms with van der Waals surface area (Å²) in [6, 6.07) is 17.7. The summed E-state index contributed by atoms with van der Waals surface area (Å²) < 4.78 is 19.4. The molecule has 9 atom stereocenters. The third kappa shape index (κ3) is 4.14. The highest BCUT2D eigenvalue weighted by molar-refractivity contribution is 5.94. The van der Waals surface area contributed by atoms with Crippen LogP contribution < -0.4 is 0 Å². The lowest BCUT2D eigenvalue weighted by Gasteiger charge is -2.38. The van der Waals surface area contributed by atoms with Gasteiger partial charge in [0.2, 0.25) is 0 Å². The zero-order chi connectivity index (χ0) is 28.4. The highest BCUT2D eigenvalue weighted by Gasteiger charge is 2.73. The van der Waals surface area contributed by atoms with E-state index < -0.39 is 35.7 Å². The van der Waals surface area contributed by atoms with Crippen LogP contribution in [0.15, 0.2) is 72.8 Å². The van der Waals surface area contributed by atoms with E-state index in [1.54, 1.807) is 48.5 Å². The lowest BCUT2D eigenvalue weighted by Crippen LogP contribution is -2.52. The molecule has 6 heteroatoms. The molecule has 210 valence electrons. The van der Waals surface area contributed by atoms with Crippen LogP contribution in [0.5, 0.6) is 0 Å². The zero-order valence-electron chi connectivity index (χ0n) is 23.7. The molecule has 0 N–H and O–H groups in total. The van der Waals surface area contributed by atoms with Gasteiger partial charge in [0.05, 0.1) is 23.1 Å². The van der Waals surface area contributed by atoms with Crippen LogP contribution in [0.2, 0.25) is 0 Å². The molecular weight excluding hydrogens is 504 g/mol. The van der Waals surface area contributed by atoms with Crippen LogP contribution in [0.4, 0.5) is 0 Å². The Labute approximate surface area is 236 Å². The first-order valence-electron chi connectivity index (χ1n) is 14.5. The minimum Gasteiger partial charge on any atom is -0.458 e. The Hall–Kier alpha value is -3.25. The highest BCUT2D eigenvalue weighted by Crippen LogP contribution is 2.67. The number of ether oxygens (including phenoxy) is 3. The molecule has 2 aliphatic carbocycles. The lowest BCUT2D eigenvalue weighted by molar-refractivity contribution is -0.151. The fraction of sp³-hybridized carbons (Fsp3) is 0.500. The third-order valence-electron chi connectivity index (χ3n) is 10.2. The van der Waals surface area contributed by atoms with Gasteiger partial charge in [-0.05, 0) is 72.3 Å². The Morgan fingerprint density at radius 1 is 0.900 bits per heavy atom. The fourth-order valence-electron chi connectivity index (χ4n) is 8.08. The Morgan fingerprint density at radius 3 is 2.08 bits per heavy atom. The Kier molecular flexibility index (Phi) is 6.53. The van der Waals surface area contributed by atoms with E-state index in [1.807, 2.05) is 26.0 Å². The summed E-state index contributed by atoms with van der Waals surface area (Å²) in [5, 5.41) is 0. The van der Waals surface area contributed by atoms with E-state index >= 15 is 0 Å². The maximum atomic E-state index is 14.3. The molecule has 6 rings (SSSR count). The van der Waals surface area contributed by atoms with Crippen molar-refractivity contribution in [2.75, 3.05) is 0 Å². The van der Waals surface area contributed by atoms with Gasteiger partial charge in [-0.15, -0.1) is 0 Å². The molecule has 0 aromatic heterocycles. The molecule has 6 nitrogen and oxygen atoms in total. The molecule has 2 bridgehead atoms. The summed E-state index contributed by atoms with van der Waals surface area (Å²) in [5.74, 6) is -1.48. The molecule has 0 unspecified atom stereocenters. The van der Waals surface area contributed by atoms with Gasteiger partial charge in [0.15, 0.2) is 5.78 Å². The topological polar surface area (TPSA) is 78.9 Å². The normalized spacial score (nSPS) is 37.7. The van der Waals surface area contributed by atoms with E-state index in [9.17, 15) is 14.4 Å². The minimum atomic E-state index is -1.23. The smallest absolute Gasteiger partial charge is 0.338 e. The lowest BCUT2D eigenvalue weighted by atomic mass is 9.77. The molecule has 2 aromatic carbocycles. The van der Waals surface area contributed by atoms with E-state index in [1.165, 1.54) is 0 Å². The quantitative estimate of drug-likeness (QED) is 0.345. The van der Waals surface area contributed by atoms with Crippen LogP contribution in [-0.4, -0.2) is 41.6 Å². The maximum absolute atomic E-state index is 14.3. The number of benzene rings is 2. The molecule has 2 aliphatic heterocycles. The number of rotatable bonds is 4. The van der Waals surface area contributed by atoms with Crippen molar-refractivity contribution in [1.29, 1.82) is 0 Å². The molecule has 0 radical (unpaired) electrons. The predicted octanol–water partition coefficient (Wildman–Crippen LogP) is 6.06. The van der Waals surface area contributed by atoms with Crippen LogP contribution in [0.25, 0.3) is 0 Å². The van der Waals surface area contributed by atoms with Crippen molar-refractivity contribution in [2.24, 2.45) is 35.0 Å². The first kappa shape index (κ1) is 26.9. The largest absolute Gasteiger partial charge is 0.458 e. The van der Waals surface area contributed by atoms with Gasteiger partial charge in [-0.2, -0.15) is 0 Å². The molecule has 2 aromatic rings. The molecule has 40 heavy (non-hydrogen) atoms. The van der Waals surface area contributed by atoms with Crippen LogP contribution in [0, 0.1) is 35.0 Å². The second-order valence-electron chi connectivity index (χ2n) is 12.9. The molecule has 0 amide bonds. The first-order valence-corrected chi connectivity index (χ1v) is 14.5. The molecule has 1 spiro atoms. The highest BCUT2D eigenvalue weighted by atomic mass is 16.6. The molecule has 2 heterocycles. The summed E-state index contributed by atoms with van der Waals surface area (Å²) in [6.45, 7) is 12.9. The number of Topliss-reactive ketones (excluding diaryl/α,β-unsaturated/α-hetero) is 1. The number of hydrogen-bond acceptors (Lipinski definition) is 6. The monoisotopic (exact) mass is 542 g/mol. The Balaban J connectivity index is 1.44. The minimum absolute atomic E-state index is 0.0181. The van der Waals surface area contributed by atoms with Gasteiger partial charge in [-0.3, -0.25) is 4.79 Å². The summed E-state index contributed by atoms with van der Waals surface area (Å²) in [6.07, 6.45) is 0.166.